The highest BCUT2D eigenvalue weighted by molar-refractivity contribution is 14.0. The molecule has 0 spiro atoms. The molecule has 1 heterocycles. The van der Waals surface area contributed by atoms with Crippen LogP contribution in [0.5, 0.6) is 5.75 Å². The Morgan fingerprint density at radius 1 is 0.974 bits per heavy atom. The molecular weight excluding hydrogens is 699 g/mol. The van der Waals surface area contributed by atoms with Crippen LogP contribution in [0.2, 0.25) is 15.1 Å². The fraction of sp³-hybridized carbons (Fsp3) is 0.259. The van der Waals surface area contributed by atoms with E-state index in [4.69, 9.17) is 55.9 Å². The lowest BCUT2D eigenvalue weighted by Gasteiger charge is -2.32. The second-order valence-corrected chi connectivity index (χ2v) is 10.3. The minimum absolute atomic E-state index is 0. The van der Waals surface area contributed by atoms with Gasteiger partial charge in [-0.25, -0.2) is 0 Å². The number of non-ortho nitro benzene ring substituents is 1. The van der Waals surface area contributed by atoms with Gasteiger partial charge < -0.3 is 19.3 Å². The van der Waals surface area contributed by atoms with Gasteiger partial charge in [0.25, 0.3) is 5.69 Å². The highest BCUT2D eigenvalue weighted by Crippen LogP contribution is 2.34. The van der Waals surface area contributed by atoms with Crippen LogP contribution in [0, 0.1) is 10.1 Å². The standard InChI is InChI=1S/C27H25Cl4N3O4.HI/c1-2-37-25-10-9-23(34(35)36)13-20(25)15-32-11-12-33(17-32)27(31)26(18-3-6-21(28)7-4-18)38-16-19-5-8-22(29)14-24(19)30;/h3-14,26-27H,2,15-17H2,1H3;1H. The van der Waals surface area contributed by atoms with E-state index in [1.807, 2.05) is 47.3 Å². The van der Waals surface area contributed by atoms with Crippen molar-refractivity contribution in [2.45, 2.75) is 31.7 Å². The zero-order valence-corrected chi connectivity index (χ0v) is 26.2. The Labute approximate surface area is 264 Å². The van der Waals surface area contributed by atoms with Gasteiger partial charge in [-0.3, -0.25) is 10.1 Å². The Hall–Kier alpha value is -1.95. The van der Waals surface area contributed by atoms with Crippen LogP contribution >= 0.6 is 70.4 Å². The molecule has 7 nitrogen and oxygen atoms in total. The molecule has 208 valence electrons. The van der Waals surface area contributed by atoms with Gasteiger partial charge in [0.15, 0.2) is 0 Å². The summed E-state index contributed by atoms with van der Waals surface area (Å²) in [5.74, 6) is 0.606. The maximum atomic E-state index is 11.3. The van der Waals surface area contributed by atoms with E-state index in [2.05, 4.69) is 0 Å². The van der Waals surface area contributed by atoms with Crippen LogP contribution in [-0.4, -0.2) is 33.5 Å². The zero-order valence-electron chi connectivity index (χ0n) is 20.8. The lowest BCUT2D eigenvalue weighted by atomic mass is 10.1. The lowest BCUT2D eigenvalue weighted by molar-refractivity contribution is -0.385. The third-order valence-corrected chi connectivity index (χ3v) is 7.26. The fourth-order valence-corrected chi connectivity index (χ4v) is 4.98. The maximum Gasteiger partial charge on any atom is 0.270 e. The average molecular weight is 725 g/mol. The molecule has 1 aliphatic heterocycles. The van der Waals surface area contributed by atoms with Crippen molar-refractivity contribution in [3.63, 3.8) is 0 Å². The third kappa shape index (κ3) is 8.28. The molecule has 0 radical (unpaired) electrons. The Balaban J connectivity index is 0.00000420. The summed E-state index contributed by atoms with van der Waals surface area (Å²) in [6.45, 7) is 3.39. The number of hydrogen-bond acceptors (Lipinski definition) is 6. The summed E-state index contributed by atoms with van der Waals surface area (Å²) in [7, 11) is 0. The molecule has 12 heteroatoms. The molecule has 0 fully saturated rings. The van der Waals surface area contributed by atoms with Crippen molar-refractivity contribution in [1.82, 2.24) is 9.80 Å². The van der Waals surface area contributed by atoms with Gasteiger partial charge in [-0.1, -0.05) is 64.6 Å². The normalized spacial score (nSPS) is 14.2. The molecule has 0 N–H and O–H groups in total. The number of hydrogen-bond donors (Lipinski definition) is 0. The largest absolute Gasteiger partial charge is 0.494 e. The molecule has 0 bridgehead atoms. The number of nitro benzene ring substituents is 1. The van der Waals surface area contributed by atoms with Gasteiger partial charge in [-0.2, -0.15) is 0 Å². The van der Waals surface area contributed by atoms with E-state index in [1.165, 1.54) is 12.1 Å². The summed E-state index contributed by atoms with van der Waals surface area (Å²) in [6, 6.07) is 17.2. The first kappa shape index (κ1) is 31.6. The van der Waals surface area contributed by atoms with Crippen LogP contribution in [0.4, 0.5) is 5.69 Å². The van der Waals surface area contributed by atoms with E-state index in [9.17, 15) is 10.1 Å². The van der Waals surface area contributed by atoms with Crippen molar-refractivity contribution >= 4 is 76.1 Å². The molecule has 0 aliphatic carbocycles. The number of alkyl halides is 1. The van der Waals surface area contributed by atoms with E-state index in [0.717, 1.165) is 11.1 Å². The molecule has 1 aliphatic rings. The van der Waals surface area contributed by atoms with Gasteiger partial charge in [0.05, 0.1) is 24.8 Å². The molecule has 2 atom stereocenters. The summed E-state index contributed by atoms with van der Waals surface area (Å²) in [4.78, 5) is 14.8. The first-order valence-electron chi connectivity index (χ1n) is 11.8. The van der Waals surface area contributed by atoms with E-state index in [1.54, 1.807) is 30.3 Å². The Morgan fingerprint density at radius 2 is 1.69 bits per heavy atom. The molecule has 0 saturated heterocycles. The minimum atomic E-state index is -0.583. The van der Waals surface area contributed by atoms with E-state index in [0.29, 0.717) is 46.2 Å². The van der Waals surface area contributed by atoms with Crippen molar-refractivity contribution in [3.05, 3.63) is 115 Å². The number of nitrogens with zero attached hydrogens (tertiary/aromatic N) is 3. The van der Waals surface area contributed by atoms with Gasteiger partial charge in [0.1, 0.15) is 17.4 Å². The molecule has 39 heavy (non-hydrogen) atoms. The summed E-state index contributed by atoms with van der Waals surface area (Å²) in [5, 5.41) is 13.0. The van der Waals surface area contributed by atoms with Crippen LogP contribution < -0.4 is 4.74 Å². The lowest BCUT2D eigenvalue weighted by Crippen LogP contribution is -2.35. The predicted molar refractivity (Wildman–Crippen MR) is 166 cm³/mol. The van der Waals surface area contributed by atoms with Crippen LogP contribution in [0.25, 0.3) is 0 Å². The number of halogens is 5. The topological polar surface area (TPSA) is 68.1 Å². The van der Waals surface area contributed by atoms with Gasteiger partial charge in [0, 0.05) is 51.7 Å². The SMILES string of the molecule is CCOc1ccc([N+](=O)[O-])cc1CN1C=CN(C(Cl)C(OCc2ccc(Cl)cc2Cl)c2ccc(Cl)cc2)C1.I. The molecule has 2 unspecified atom stereocenters. The minimum Gasteiger partial charge on any atom is -0.494 e. The van der Waals surface area contributed by atoms with Crippen LogP contribution in [0.3, 0.4) is 0 Å². The van der Waals surface area contributed by atoms with Gasteiger partial charge in [-0.15, -0.1) is 24.0 Å². The first-order chi connectivity index (χ1) is 18.2. The molecule has 3 aromatic carbocycles. The Kier molecular flexibility index (Phi) is 11.8. The zero-order chi connectivity index (χ0) is 27.2. The fourth-order valence-electron chi connectivity index (χ4n) is 4.04. The van der Waals surface area contributed by atoms with E-state index < -0.39 is 16.5 Å². The summed E-state index contributed by atoms with van der Waals surface area (Å²) in [5.41, 5.74) is 1.77. The smallest absolute Gasteiger partial charge is 0.270 e. The van der Waals surface area contributed by atoms with Crippen LogP contribution in [-0.2, 0) is 17.9 Å². The Bertz CT molecular complexity index is 1310. The average Bonchev–Trinajstić information content (AvgIpc) is 3.35. The monoisotopic (exact) mass is 723 g/mol. The molecular formula is C27H26Cl4IN3O4. The van der Waals surface area contributed by atoms with E-state index >= 15 is 0 Å². The second kappa shape index (κ2) is 14.6. The van der Waals surface area contributed by atoms with Crippen LogP contribution in [0.1, 0.15) is 29.7 Å². The highest BCUT2D eigenvalue weighted by Gasteiger charge is 2.30. The molecule has 3 aromatic rings. The molecule has 0 aromatic heterocycles. The number of rotatable bonds is 11. The summed E-state index contributed by atoms with van der Waals surface area (Å²) >= 11 is 25.5. The Morgan fingerprint density at radius 3 is 2.36 bits per heavy atom. The highest BCUT2D eigenvalue weighted by atomic mass is 127. The number of benzene rings is 3. The second-order valence-electron chi connectivity index (χ2n) is 8.57. The van der Waals surface area contributed by atoms with Crippen molar-refractivity contribution in [2.75, 3.05) is 13.3 Å². The van der Waals surface area contributed by atoms with Crippen molar-refractivity contribution < 1.29 is 14.4 Å². The predicted octanol–water partition coefficient (Wildman–Crippen LogP) is 8.64. The van der Waals surface area contributed by atoms with Crippen molar-refractivity contribution in [1.29, 1.82) is 0 Å². The number of ether oxygens (including phenoxy) is 2. The molecule has 0 saturated carbocycles. The van der Waals surface area contributed by atoms with Crippen LogP contribution in [0.15, 0.2) is 73.1 Å². The first-order valence-corrected chi connectivity index (χ1v) is 13.4. The number of nitro groups is 1. The van der Waals surface area contributed by atoms with Crippen molar-refractivity contribution in [3.8, 4) is 5.75 Å². The third-order valence-electron chi connectivity index (χ3n) is 5.94. The van der Waals surface area contributed by atoms with Crippen molar-refractivity contribution in [2.24, 2.45) is 0 Å². The van der Waals surface area contributed by atoms with E-state index in [-0.39, 0.29) is 36.3 Å². The maximum absolute atomic E-state index is 11.3. The summed E-state index contributed by atoms with van der Waals surface area (Å²) in [6.07, 6.45) is 3.23. The summed E-state index contributed by atoms with van der Waals surface area (Å²) < 4.78 is 12.0. The van der Waals surface area contributed by atoms with Gasteiger partial charge >= 0.3 is 0 Å². The molecule has 0 amide bonds. The molecule has 4 rings (SSSR count). The van der Waals surface area contributed by atoms with Gasteiger partial charge in [-0.05, 0) is 48.4 Å². The van der Waals surface area contributed by atoms with Gasteiger partial charge in [0.2, 0.25) is 0 Å². The quantitative estimate of drug-likeness (QED) is 0.0649.